The van der Waals surface area contributed by atoms with Crippen molar-refractivity contribution in [2.24, 2.45) is 0 Å². The molecule has 0 aliphatic carbocycles. The standard InChI is InChI=1S/C26H23F2NO3/c1-13-12-26(2,3)29-18-8-6-15-22-20(10-9-19(30)25(22)31-4)32-24(23(15)21(13)18)14-5-7-16(27)17(28)11-14/h5-12,24,29-30H,1-4H3. The maximum atomic E-state index is 14.2. The first kappa shape index (κ1) is 20.4. The Kier molecular flexibility index (Phi) is 4.45. The molecule has 0 saturated heterocycles. The Morgan fingerprint density at radius 3 is 2.53 bits per heavy atom. The average Bonchev–Trinajstić information content (AvgIpc) is 2.73. The molecule has 32 heavy (non-hydrogen) atoms. The van der Waals surface area contributed by atoms with Crippen LogP contribution in [0.4, 0.5) is 14.5 Å². The summed E-state index contributed by atoms with van der Waals surface area (Å²) < 4.78 is 39.8. The number of anilines is 1. The summed E-state index contributed by atoms with van der Waals surface area (Å²) in [4.78, 5) is 0. The lowest BCUT2D eigenvalue weighted by molar-refractivity contribution is 0.240. The van der Waals surface area contributed by atoms with Crippen LogP contribution in [0, 0.1) is 11.6 Å². The molecule has 1 atom stereocenters. The normalized spacial score (nSPS) is 17.8. The number of nitrogens with one attached hydrogen (secondary N) is 1. The fourth-order valence-corrected chi connectivity index (χ4v) is 4.85. The van der Waals surface area contributed by atoms with Gasteiger partial charge in [-0.05, 0) is 62.2 Å². The summed E-state index contributed by atoms with van der Waals surface area (Å²) in [6.07, 6.45) is 1.45. The first-order chi connectivity index (χ1) is 15.2. The van der Waals surface area contributed by atoms with E-state index in [1.54, 1.807) is 6.07 Å². The molecule has 3 aromatic carbocycles. The zero-order valence-corrected chi connectivity index (χ0v) is 18.2. The van der Waals surface area contributed by atoms with E-state index in [1.807, 2.05) is 19.1 Å². The van der Waals surface area contributed by atoms with E-state index in [9.17, 15) is 13.9 Å². The molecule has 0 radical (unpaired) electrons. The number of phenolic OH excluding ortho intramolecular Hbond substituents is 1. The highest BCUT2D eigenvalue weighted by Crippen LogP contribution is 2.55. The van der Waals surface area contributed by atoms with Gasteiger partial charge < -0.3 is 19.9 Å². The number of hydrogen-bond acceptors (Lipinski definition) is 4. The molecule has 0 fully saturated rings. The average molecular weight is 435 g/mol. The summed E-state index contributed by atoms with van der Waals surface area (Å²) >= 11 is 0. The Balaban J connectivity index is 1.84. The second kappa shape index (κ2) is 6.99. The molecule has 4 nitrogen and oxygen atoms in total. The summed E-state index contributed by atoms with van der Waals surface area (Å²) in [6.45, 7) is 6.19. The molecular weight excluding hydrogens is 412 g/mol. The molecule has 0 aromatic heterocycles. The van der Waals surface area contributed by atoms with Crippen LogP contribution in [0.1, 0.15) is 43.6 Å². The Hall–Kier alpha value is -3.54. The van der Waals surface area contributed by atoms with Gasteiger partial charge in [0.05, 0.1) is 18.2 Å². The van der Waals surface area contributed by atoms with Crippen LogP contribution in [0.3, 0.4) is 0 Å². The number of methoxy groups -OCH3 is 1. The van der Waals surface area contributed by atoms with Crippen molar-refractivity contribution in [2.45, 2.75) is 32.4 Å². The highest BCUT2D eigenvalue weighted by Gasteiger charge is 2.36. The topological polar surface area (TPSA) is 50.7 Å². The first-order valence-corrected chi connectivity index (χ1v) is 10.4. The van der Waals surface area contributed by atoms with Crippen LogP contribution in [0.15, 0.2) is 48.5 Å². The van der Waals surface area contributed by atoms with Gasteiger partial charge in [0, 0.05) is 22.4 Å². The van der Waals surface area contributed by atoms with E-state index >= 15 is 0 Å². The minimum absolute atomic E-state index is 0.00341. The van der Waals surface area contributed by atoms with Crippen molar-refractivity contribution in [1.82, 2.24) is 0 Å². The van der Waals surface area contributed by atoms with Gasteiger partial charge in [-0.2, -0.15) is 0 Å². The quantitative estimate of drug-likeness (QED) is 0.487. The number of halogens is 2. The second-order valence-electron chi connectivity index (χ2n) is 8.79. The van der Waals surface area contributed by atoms with E-state index < -0.39 is 17.7 Å². The van der Waals surface area contributed by atoms with Gasteiger partial charge in [-0.1, -0.05) is 18.2 Å². The number of rotatable bonds is 2. The summed E-state index contributed by atoms with van der Waals surface area (Å²) in [7, 11) is 1.49. The zero-order valence-electron chi connectivity index (χ0n) is 18.2. The zero-order chi connectivity index (χ0) is 22.8. The molecule has 2 heterocycles. The number of aromatic hydroxyl groups is 1. The van der Waals surface area contributed by atoms with Crippen LogP contribution >= 0.6 is 0 Å². The van der Waals surface area contributed by atoms with Crippen molar-refractivity contribution < 1.29 is 23.4 Å². The maximum absolute atomic E-state index is 14.2. The number of fused-ring (bicyclic) bond motifs is 5. The van der Waals surface area contributed by atoms with E-state index in [0.717, 1.165) is 34.0 Å². The van der Waals surface area contributed by atoms with Crippen LogP contribution in [0.2, 0.25) is 0 Å². The van der Waals surface area contributed by atoms with Crippen LogP contribution in [0.5, 0.6) is 17.2 Å². The minimum atomic E-state index is -0.932. The van der Waals surface area contributed by atoms with Crippen molar-refractivity contribution >= 4 is 11.3 Å². The third-order valence-electron chi connectivity index (χ3n) is 6.00. The summed E-state index contributed by atoms with van der Waals surface area (Å²) in [5.41, 5.74) is 5.39. The summed E-state index contributed by atoms with van der Waals surface area (Å²) in [5, 5.41) is 13.9. The molecular formula is C26H23F2NO3. The van der Waals surface area contributed by atoms with Gasteiger partial charge in [0.2, 0.25) is 0 Å². The maximum Gasteiger partial charge on any atom is 0.172 e. The van der Waals surface area contributed by atoms with Crippen molar-refractivity contribution in [1.29, 1.82) is 0 Å². The SMILES string of the molecule is COc1c(O)ccc2c1-c1ccc3c(c1C(c1ccc(F)c(F)c1)O2)C(C)=CC(C)(C)N3. The molecule has 0 saturated carbocycles. The first-order valence-electron chi connectivity index (χ1n) is 10.4. The lowest BCUT2D eigenvalue weighted by atomic mass is 9.80. The fraction of sp³-hybridized carbons (Fsp3) is 0.231. The molecule has 1 unspecified atom stereocenters. The van der Waals surface area contributed by atoms with Gasteiger partial charge >= 0.3 is 0 Å². The number of hydrogen-bond donors (Lipinski definition) is 2. The van der Waals surface area contributed by atoms with Gasteiger partial charge in [-0.3, -0.25) is 0 Å². The summed E-state index contributed by atoms with van der Waals surface area (Å²) in [5.74, 6) is -1.05. The van der Waals surface area contributed by atoms with Crippen molar-refractivity contribution in [3.63, 3.8) is 0 Å². The van der Waals surface area contributed by atoms with Crippen LogP contribution < -0.4 is 14.8 Å². The number of allylic oxidation sites excluding steroid dienone is 1. The van der Waals surface area contributed by atoms with Gasteiger partial charge in [-0.25, -0.2) is 8.78 Å². The number of benzene rings is 3. The van der Waals surface area contributed by atoms with Crippen LogP contribution in [-0.2, 0) is 0 Å². The van der Waals surface area contributed by atoms with E-state index in [0.29, 0.717) is 22.6 Å². The monoisotopic (exact) mass is 435 g/mol. The largest absolute Gasteiger partial charge is 0.504 e. The van der Waals surface area contributed by atoms with Crippen molar-refractivity contribution in [3.8, 4) is 28.4 Å². The highest BCUT2D eigenvalue weighted by molar-refractivity contribution is 5.92. The van der Waals surface area contributed by atoms with E-state index in [-0.39, 0.29) is 11.3 Å². The predicted molar refractivity (Wildman–Crippen MR) is 120 cm³/mol. The molecule has 0 amide bonds. The van der Waals surface area contributed by atoms with Gasteiger partial charge in [-0.15, -0.1) is 0 Å². The minimum Gasteiger partial charge on any atom is -0.504 e. The van der Waals surface area contributed by atoms with Gasteiger partial charge in [0.1, 0.15) is 5.75 Å². The molecule has 0 spiro atoms. The molecule has 2 N–H and O–H groups in total. The van der Waals surface area contributed by atoms with Crippen LogP contribution in [0.25, 0.3) is 16.7 Å². The molecule has 6 heteroatoms. The lowest BCUT2D eigenvalue weighted by Gasteiger charge is -2.37. The van der Waals surface area contributed by atoms with Gasteiger partial charge in [0.15, 0.2) is 29.2 Å². The number of ether oxygens (including phenoxy) is 2. The Morgan fingerprint density at radius 1 is 1.03 bits per heavy atom. The van der Waals surface area contributed by atoms with Crippen LogP contribution in [-0.4, -0.2) is 17.8 Å². The second-order valence-corrected chi connectivity index (χ2v) is 8.79. The molecule has 2 aliphatic rings. The molecule has 3 aromatic rings. The van der Waals surface area contributed by atoms with Crippen molar-refractivity contribution in [3.05, 3.63) is 76.9 Å². The van der Waals surface area contributed by atoms with E-state index in [1.165, 1.54) is 25.3 Å². The molecule has 2 aliphatic heterocycles. The molecule has 0 bridgehead atoms. The predicted octanol–water partition coefficient (Wildman–Crippen LogP) is 6.44. The smallest absolute Gasteiger partial charge is 0.172 e. The molecule has 164 valence electrons. The molecule has 5 rings (SSSR count). The summed E-state index contributed by atoms with van der Waals surface area (Å²) in [6, 6.07) is 10.9. The Labute approximate surface area is 185 Å². The Morgan fingerprint density at radius 2 is 1.81 bits per heavy atom. The number of phenols is 1. The van der Waals surface area contributed by atoms with Crippen molar-refractivity contribution in [2.75, 3.05) is 12.4 Å². The third-order valence-corrected chi connectivity index (χ3v) is 6.00. The third kappa shape index (κ3) is 3.01. The Bertz CT molecular complexity index is 1300. The lowest BCUT2D eigenvalue weighted by Crippen LogP contribution is -2.32. The fourth-order valence-electron chi connectivity index (χ4n) is 4.85. The van der Waals surface area contributed by atoms with E-state index in [2.05, 4.69) is 25.2 Å². The highest BCUT2D eigenvalue weighted by atomic mass is 19.2. The van der Waals surface area contributed by atoms with E-state index in [4.69, 9.17) is 9.47 Å². The van der Waals surface area contributed by atoms with Gasteiger partial charge in [0.25, 0.3) is 0 Å².